The van der Waals surface area contributed by atoms with Gasteiger partial charge in [-0.15, -0.1) is 5.10 Å². The lowest BCUT2D eigenvalue weighted by Gasteiger charge is -2.34. The average molecular weight is 405 g/mol. The second kappa shape index (κ2) is 10.8. The first kappa shape index (κ1) is 21.9. The Morgan fingerprint density at radius 1 is 1.41 bits per heavy atom. The van der Waals surface area contributed by atoms with Gasteiger partial charge in [0.15, 0.2) is 5.82 Å². The van der Waals surface area contributed by atoms with E-state index in [0.29, 0.717) is 25.0 Å². The molecular formula is C21H36N6O2. The van der Waals surface area contributed by atoms with Crippen molar-refractivity contribution in [1.82, 2.24) is 25.3 Å². The lowest BCUT2D eigenvalue weighted by atomic mass is 10.2. The standard InChI is InChI=1S/C21H36N6O2/c1-17(2)13-26-10-11-29-19(15-26)12-22-21(28)16-25(3)14-18-6-5-9-27(18)20-7-4-8-23-24-20/h4,7-8,17-19H,5-6,9-16H2,1-3H3,(H,22,28). The van der Waals surface area contributed by atoms with Crippen molar-refractivity contribution in [3.63, 3.8) is 0 Å². The maximum atomic E-state index is 12.4. The number of carbonyl (C=O) groups is 1. The number of carbonyl (C=O) groups excluding carboxylic acids is 1. The summed E-state index contributed by atoms with van der Waals surface area (Å²) in [5, 5.41) is 11.3. The summed E-state index contributed by atoms with van der Waals surface area (Å²) in [5.41, 5.74) is 0. The topological polar surface area (TPSA) is 73.8 Å². The van der Waals surface area contributed by atoms with E-state index in [4.69, 9.17) is 4.74 Å². The van der Waals surface area contributed by atoms with Gasteiger partial charge in [0.2, 0.25) is 5.91 Å². The van der Waals surface area contributed by atoms with E-state index in [1.54, 1.807) is 6.20 Å². The largest absolute Gasteiger partial charge is 0.374 e. The molecule has 1 aromatic rings. The maximum Gasteiger partial charge on any atom is 0.234 e. The molecule has 0 aliphatic carbocycles. The zero-order valence-corrected chi connectivity index (χ0v) is 18.1. The number of nitrogens with one attached hydrogen (secondary N) is 1. The molecule has 2 fully saturated rings. The van der Waals surface area contributed by atoms with E-state index in [0.717, 1.165) is 58.0 Å². The van der Waals surface area contributed by atoms with Gasteiger partial charge < -0.3 is 15.0 Å². The molecule has 162 valence electrons. The Kier molecular flexibility index (Phi) is 8.20. The third kappa shape index (κ3) is 6.90. The molecule has 0 saturated carbocycles. The van der Waals surface area contributed by atoms with Crippen molar-refractivity contribution in [1.29, 1.82) is 0 Å². The predicted molar refractivity (Wildman–Crippen MR) is 114 cm³/mol. The van der Waals surface area contributed by atoms with Gasteiger partial charge >= 0.3 is 0 Å². The fraction of sp³-hybridized carbons (Fsp3) is 0.762. The summed E-state index contributed by atoms with van der Waals surface area (Å²) >= 11 is 0. The molecule has 2 unspecified atom stereocenters. The van der Waals surface area contributed by atoms with E-state index in [-0.39, 0.29) is 12.0 Å². The van der Waals surface area contributed by atoms with Crippen LogP contribution in [0.1, 0.15) is 26.7 Å². The number of anilines is 1. The van der Waals surface area contributed by atoms with Crippen LogP contribution in [-0.4, -0.2) is 97.5 Å². The van der Waals surface area contributed by atoms with Crippen LogP contribution in [0.25, 0.3) is 0 Å². The van der Waals surface area contributed by atoms with Gasteiger partial charge in [0.25, 0.3) is 0 Å². The van der Waals surface area contributed by atoms with E-state index in [2.05, 4.69) is 44.1 Å². The molecule has 3 rings (SSSR count). The average Bonchev–Trinajstić information content (AvgIpc) is 3.15. The summed E-state index contributed by atoms with van der Waals surface area (Å²) in [7, 11) is 2.01. The number of rotatable bonds is 9. The Balaban J connectivity index is 1.39. The summed E-state index contributed by atoms with van der Waals surface area (Å²) in [6.45, 7) is 11.0. The fourth-order valence-corrected chi connectivity index (χ4v) is 4.31. The Hall–Kier alpha value is -1.77. The molecule has 0 spiro atoms. The minimum atomic E-state index is 0.0566. The first-order valence-electron chi connectivity index (χ1n) is 10.8. The van der Waals surface area contributed by atoms with E-state index in [1.807, 2.05) is 19.2 Å². The normalized spacial score (nSPS) is 23.1. The smallest absolute Gasteiger partial charge is 0.234 e. The summed E-state index contributed by atoms with van der Waals surface area (Å²) < 4.78 is 5.83. The van der Waals surface area contributed by atoms with Crippen LogP contribution >= 0.6 is 0 Å². The minimum absolute atomic E-state index is 0.0566. The Morgan fingerprint density at radius 2 is 2.28 bits per heavy atom. The van der Waals surface area contributed by atoms with E-state index < -0.39 is 0 Å². The van der Waals surface area contributed by atoms with Crippen LogP contribution in [0.5, 0.6) is 0 Å². The van der Waals surface area contributed by atoms with Gasteiger partial charge in [-0.05, 0) is 37.9 Å². The molecule has 3 heterocycles. The SMILES string of the molecule is CC(C)CN1CCOC(CNC(=O)CN(C)CC2CCCN2c2cccnn2)C1. The number of hydrogen-bond acceptors (Lipinski definition) is 7. The molecule has 29 heavy (non-hydrogen) atoms. The monoisotopic (exact) mass is 404 g/mol. The van der Waals surface area contributed by atoms with Gasteiger partial charge in [-0.3, -0.25) is 14.6 Å². The zero-order valence-electron chi connectivity index (χ0n) is 18.1. The number of hydrogen-bond donors (Lipinski definition) is 1. The van der Waals surface area contributed by atoms with E-state index in [1.165, 1.54) is 0 Å². The van der Waals surface area contributed by atoms with E-state index in [9.17, 15) is 4.79 Å². The number of amides is 1. The van der Waals surface area contributed by atoms with Crippen molar-refractivity contribution in [2.24, 2.45) is 5.92 Å². The highest BCUT2D eigenvalue weighted by atomic mass is 16.5. The minimum Gasteiger partial charge on any atom is -0.374 e. The maximum absolute atomic E-state index is 12.4. The molecule has 8 heteroatoms. The Morgan fingerprint density at radius 3 is 3.03 bits per heavy atom. The third-order valence-electron chi connectivity index (χ3n) is 5.54. The van der Waals surface area contributed by atoms with E-state index >= 15 is 0 Å². The van der Waals surface area contributed by atoms with Crippen LogP contribution < -0.4 is 10.2 Å². The molecule has 2 aliphatic rings. The van der Waals surface area contributed by atoms with Crippen LogP contribution in [0, 0.1) is 5.92 Å². The van der Waals surface area contributed by atoms with Crippen LogP contribution in [0.3, 0.4) is 0 Å². The number of likely N-dealkylation sites (N-methyl/N-ethyl adjacent to an activating group) is 1. The van der Waals surface area contributed by atoms with Crippen molar-refractivity contribution in [2.45, 2.75) is 38.8 Å². The van der Waals surface area contributed by atoms with Gasteiger partial charge in [-0.25, -0.2) is 0 Å². The number of ether oxygens (including phenoxy) is 1. The summed E-state index contributed by atoms with van der Waals surface area (Å²) in [6, 6.07) is 4.30. The highest BCUT2D eigenvalue weighted by Gasteiger charge is 2.27. The third-order valence-corrected chi connectivity index (χ3v) is 5.54. The van der Waals surface area contributed by atoms with Crippen LogP contribution in [0.4, 0.5) is 5.82 Å². The molecule has 2 saturated heterocycles. The molecule has 2 atom stereocenters. The first-order valence-corrected chi connectivity index (χ1v) is 10.8. The van der Waals surface area contributed by atoms with Gasteiger partial charge in [0.05, 0.1) is 19.3 Å². The first-order chi connectivity index (χ1) is 14.0. The second-order valence-corrected chi connectivity index (χ2v) is 8.72. The van der Waals surface area contributed by atoms with Crippen molar-refractivity contribution in [2.75, 3.05) is 64.4 Å². The fourth-order valence-electron chi connectivity index (χ4n) is 4.31. The predicted octanol–water partition coefficient (Wildman–Crippen LogP) is 0.850. The van der Waals surface area contributed by atoms with Gasteiger partial charge in [0, 0.05) is 51.5 Å². The molecule has 1 amide bonds. The molecule has 0 bridgehead atoms. The number of morpholine rings is 1. The molecule has 0 aromatic carbocycles. The molecule has 1 aromatic heterocycles. The lowest BCUT2D eigenvalue weighted by Crippen LogP contribution is -2.49. The van der Waals surface area contributed by atoms with Crippen LogP contribution in [0.2, 0.25) is 0 Å². The molecule has 8 nitrogen and oxygen atoms in total. The highest BCUT2D eigenvalue weighted by Crippen LogP contribution is 2.23. The van der Waals surface area contributed by atoms with Crippen molar-refractivity contribution >= 4 is 11.7 Å². The Labute approximate surface area is 174 Å². The molecule has 1 N–H and O–H groups in total. The van der Waals surface area contributed by atoms with Crippen LogP contribution in [0.15, 0.2) is 18.3 Å². The summed E-state index contributed by atoms with van der Waals surface area (Å²) in [4.78, 5) is 19.3. The van der Waals surface area contributed by atoms with Gasteiger partial charge in [-0.1, -0.05) is 13.8 Å². The quantitative estimate of drug-likeness (QED) is 0.654. The second-order valence-electron chi connectivity index (χ2n) is 8.72. The van der Waals surface area contributed by atoms with Crippen LogP contribution in [-0.2, 0) is 9.53 Å². The van der Waals surface area contributed by atoms with Gasteiger partial charge in [-0.2, -0.15) is 5.10 Å². The summed E-state index contributed by atoms with van der Waals surface area (Å²) in [5.74, 6) is 1.63. The molecular weight excluding hydrogens is 368 g/mol. The highest BCUT2D eigenvalue weighted by molar-refractivity contribution is 5.78. The lowest BCUT2D eigenvalue weighted by molar-refractivity contribution is -0.123. The summed E-state index contributed by atoms with van der Waals surface area (Å²) in [6.07, 6.45) is 4.04. The number of aromatic nitrogens is 2. The van der Waals surface area contributed by atoms with Crippen molar-refractivity contribution < 1.29 is 9.53 Å². The van der Waals surface area contributed by atoms with Crippen molar-refractivity contribution in [3.8, 4) is 0 Å². The van der Waals surface area contributed by atoms with Gasteiger partial charge in [0.1, 0.15) is 0 Å². The zero-order chi connectivity index (χ0) is 20.6. The van der Waals surface area contributed by atoms with Crippen molar-refractivity contribution in [3.05, 3.63) is 18.3 Å². The molecule has 0 radical (unpaired) electrons. The Bertz CT molecular complexity index is 629. The molecule has 2 aliphatic heterocycles. The number of nitrogens with zero attached hydrogens (tertiary/aromatic N) is 5.